The molecule has 8 heteroatoms. The van der Waals surface area contributed by atoms with E-state index in [-0.39, 0.29) is 6.04 Å². The van der Waals surface area contributed by atoms with Crippen LogP contribution in [-0.2, 0) is 14.1 Å². The average molecular weight is 354 g/mol. The second kappa shape index (κ2) is 6.18. The van der Waals surface area contributed by atoms with Gasteiger partial charge in [-0.3, -0.25) is 4.68 Å². The number of anilines is 1. The Labute approximate surface area is 149 Å². The zero-order valence-corrected chi connectivity index (χ0v) is 14.5. The monoisotopic (exact) mass is 353 g/mol. The molecule has 0 bridgehead atoms. The lowest BCUT2D eigenvalue weighted by Crippen LogP contribution is -2.17. The molecule has 0 fully saturated rings. The summed E-state index contributed by atoms with van der Waals surface area (Å²) in [7, 11) is 3.82. The minimum absolute atomic E-state index is 0.185. The summed E-state index contributed by atoms with van der Waals surface area (Å²) in [4.78, 5) is 13.2. The Morgan fingerprint density at radius 2 is 1.88 bits per heavy atom. The number of nitrogens with zero attached hydrogens (tertiary/aromatic N) is 6. The molecule has 25 heavy (non-hydrogen) atoms. The molecule has 126 valence electrons. The molecule has 1 atom stereocenters. The molecule has 4 aromatic rings. The Morgan fingerprint density at radius 3 is 2.60 bits per heavy atom. The van der Waals surface area contributed by atoms with E-state index in [9.17, 15) is 0 Å². The Hall–Kier alpha value is -2.93. The molecule has 7 nitrogen and oxygen atoms in total. The first kappa shape index (κ1) is 15.6. The molecule has 1 N–H and O–H groups in total. The minimum atomic E-state index is -0.185. The molecular formula is C17H16ClN7. The van der Waals surface area contributed by atoms with E-state index in [1.807, 2.05) is 49.1 Å². The molecule has 0 saturated heterocycles. The normalized spacial score (nSPS) is 12.4. The number of halogens is 1. The van der Waals surface area contributed by atoms with Gasteiger partial charge in [-0.05, 0) is 17.7 Å². The van der Waals surface area contributed by atoms with Crippen molar-refractivity contribution in [3.63, 3.8) is 0 Å². The molecule has 0 saturated carbocycles. The van der Waals surface area contributed by atoms with Crippen LogP contribution in [0.5, 0.6) is 0 Å². The summed E-state index contributed by atoms with van der Waals surface area (Å²) in [5, 5.41) is 9.30. The Balaban J connectivity index is 1.81. The molecular weight excluding hydrogens is 338 g/mol. The summed E-state index contributed by atoms with van der Waals surface area (Å²) in [6.07, 6.45) is 6.98. The fourth-order valence-electron chi connectivity index (χ4n) is 2.82. The van der Waals surface area contributed by atoms with Crippen LogP contribution in [0.2, 0.25) is 5.02 Å². The van der Waals surface area contributed by atoms with Crippen LogP contribution in [0.3, 0.4) is 0 Å². The molecule has 4 rings (SSSR count). The van der Waals surface area contributed by atoms with Gasteiger partial charge >= 0.3 is 0 Å². The summed E-state index contributed by atoms with van der Waals surface area (Å²) >= 11 is 6.04. The van der Waals surface area contributed by atoms with Gasteiger partial charge in [-0.1, -0.05) is 23.7 Å². The third-order valence-corrected chi connectivity index (χ3v) is 4.38. The summed E-state index contributed by atoms with van der Waals surface area (Å²) in [6.45, 7) is 0. The number of hydrogen-bond acceptors (Lipinski definition) is 5. The number of fused-ring (bicyclic) bond motifs is 1. The molecule has 0 aliphatic heterocycles. The zero-order chi connectivity index (χ0) is 17.4. The predicted octanol–water partition coefficient (Wildman–Crippen LogP) is 2.95. The van der Waals surface area contributed by atoms with Crippen LogP contribution < -0.4 is 5.32 Å². The lowest BCUT2D eigenvalue weighted by Gasteiger charge is -2.20. The van der Waals surface area contributed by atoms with Gasteiger partial charge in [-0.15, -0.1) is 0 Å². The summed E-state index contributed by atoms with van der Waals surface area (Å²) in [6, 6.07) is 7.52. The Kier molecular flexibility index (Phi) is 3.85. The largest absolute Gasteiger partial charge is 0.356 e. The number of aryl methyl sites for hydroxylation is 2. The molecule has 1 aromatic carbocycles. The standard InChI is InChI=1S/C17H16ClN7/c1-24-8-7-19-17(24)14(11-3-5-12(18)6-4-11)23-15-13-9-22-25(2)16(13)21-10-20-15/h3-10,14H,1-2H3,(H,20,21,23)/t14-/m0/s1. The third-order valence-electron chi connectivity index (χ3n) is 4.13. The third kappa shape index (κ3) is 2.83. The molecule has 0 amide bonds. The fourth-order valence-corrected chi connectivity index (χ4v) is 2.95. The van der Waals surface area contributed by atoms with Gasteiger partial charge in [0.15, 0.2) is 5.65 Å². The molecule has 3 aromatic heterocycles. The van der Waals surface area contributed by atoms with E-state index in [2.05, 4.69) is 25.4 Å². The van der Waals surface area contributed by atoms with E-state index >= 15 is 0 Å². The molecule has 0 unspecified atom stereocenters. The summed E-state index contributed by atoms with van der Waals surface area (Å²) in [5.74, 6) is 1.58. The van der Waals surface area contributed by atoms with Gasteiger partial charge in [-0.25, -0.2) is 15.0 Å². The Bertz CT molecular complexity index is 1020. The van der Waals surface area contributed by atoms with Crippen molar-refractivity contribution in [2.45, 2.75) is 6.04 Å². The highest BCUT2D eigenvalue weighted by molar-refractivity contribution is 6.30. The number of rotatable bonds is 4. The number of nitrogens with one attached hydrogen (secondary N) is 1. The molecule has 3 heterocycles. The maximum Gasteiger partial charge on any atom is 0.163 e. The highest BCUT2D eigenvalue weighted by atomic mass is 35.5. The minimum Gasteiger partial charge on any atom is -0.356 e. The molecule has 0 aliphatic rings. The smallest absolute Gasteiger partial charge is 0.163 e. The van der Waals surface area contributed by atoms with Crippen molar-refractivity contribution in [3.8, 4) is 0 Å². The maximum atomic E-state index is 6.04. The highest BCUT2D eigenvalue weighted by Crippen LogP contribution is 2.28. The highest BCUT2D eigenvalue weighted by Gasteiger charge is 2.20. The maximum absolute atomic E-state index is 6.04. The van der Waals surface area contributed by atoms with Crippen molar-refractivity contribution in [3.05, 3.63) is 65.6 Å². The average Bonchev–Trinajstić information content (AvgIpc) is 3.20. The van der Waals surface area contributed by atoms with E-state index in [4.69, 9.17) is 11.6 Å². The van der Waals surface area contributed by atoms with Crippen molar-refractivity contribution < 1.29 is 0 Å². The number of hydrogen-bond donors (Lipinski definition) is 1. The van der Waals surface area contributed by atoms with Crippen LogP contribution in [-0.4, -0.2) is 29.3 Å². The molecule has 0 aliphatic carbocycles. The van der Waals surface area contributed by atoms with E-state index in [1.165, 1.54) is 6.33 Å². The van der Waals surface area contributed by atoms with Crippen LogP contribution in [0.1, 0.15) is 17.4 Å². The quantitative estimate of drug-likeness (QED) is 0.610. The number of aromatic nitrogens is 6. The van der Waals surface area contributed by atoms with Crippen LogP contribution in [0, 0.1) is 0 Å². The SMILES string of the molecule is Cn1ccnc1[C@@H](Nc1ncnc2c1cnn2C)c1ccc(Cl)cc1. The van der Waals surface area contributed by atoms with Crippen LogP contribution in [0.25, 0.3) is 11.0 Å². The van der Waals surface area contributed by atoms with E-state index in [0.717, 1.165) is 22.4 Å². The molecule has 0 radical (unpaired) electrons. The van der Waals surface area contributed by atoms with Gasteiger partial charge in [0.2, 0.25) is 0 Å². The zero-order valence-electron chi connectivity index (χ0n) is 13.8. The number of benzene rings is 1. The van der Waals surface area contributed by atoms with E-state index in [0.29, 0.717) is 10.8 Å². The van der Waals surface area contributed by atoms with Gasteiger partial charge < -0.3 is 9.88 Å². The van der Waals surface area contributed by atoms with Crippen LogP contribution in [0.15, 0.2) is 49.2 Å². The second-order valence-electron chi connectivity index (χ2n) is 5.75. The van der Waals surface area contributed by atoms with Crippen molar-refractivity contribution >= 4 is 28.5 Å². The van der Waals surface area contributed by atoms with Crippen molar-refractivity contribution in [2.75, 3.05) is 5.32 Å². The van der Waals surface area contributed by atoms with E-state index < -0.39 is 0 Å². The van der Waals surface area contributed by atoms with Gasteiger partial charge in [0.25, 0.3) is 0 Å². The lowest BCUT2D eigenvalue weighted by atomic mass is 10.1. The Morgan fingerprint density at radius 1 is 1.08 bits per heavy atom. The number of imidazole rings is 1. The van der Waals surface area contributed by atoms with Gasteiger partial charge in [-0.2, -0.15) is 5.10 Å². The first-order chi connectivity index (χ1) is 12.1. The first-order valence-electron chi connectivity index (χ1n) is 7.75. The second-order valence-corrected chi connectivity index (χ2v) is 6.19. The van der Waals surface area contributed by atoms with Crippen LogP contribution >= 0.6 is 11.6 Å². The summed E-state index contributed by atoms with van der Waals surface area (Å²) < 4.78 is 3.70. The topological polar surface area (TPSA) is 73.5 Å². The predicted molar refractivity (Wildman–Crippen MR) is 96.4 cm³/mol. The summed E-state index contributed by atoms with van der Waals surface area (Å²) in [5.41, 5.74) is 1.81. The fraction of sp³-hybridized carbons (Fsp3) is 0.176. The first-order valence-corrected chi connectivity index (χ1v) is 8.13. The van der Waals surface area contributed by atoms with Crippen molar-refractivity contribution in [2.24, 2.45) is 14.1 Å². The van der Waals surface area contributed by atoms with Crippen molar-refractivity contribution in [1.82, 2.24) is 29.3 Å². The van der Waals surface area contributed by atoms with E-state index in [1.54, 1.807) is 17.1 Å². The molecule has 0 spiro atoms. The van der Waals surface area contributed by atoms with Gasteiger partial charge in [0.05, 0.1) is 11.6 Å². The van der Waals surface area contributed by atoms with Gasteiger partial charge in [0, 0.05) is 31.5 Å². The van der Waals surface area contributed by atoms with Gasteiger partial charge in [0.1, 0.15) is 24.0 Å². The van der Waals surface area contributed by atoms with Crippen molar-refractivity contribution in [1.29, 1.82) is 0 Å². The lowest BCUT2D eigenvalue weighted by molar-refractivity contribution is 0.746. The van der Waals surface area contributed by atoms with Crippen LogP contribution in [0.4, 0.5) is 5.82 Å².